The minimum Gasteiger partial charge on any atom is -0.480 e. The summed E-state index contributed by atoms with van der Waals surface area (Å²) >= 11 is 0. The van der Waals surface area contributed by atoms with Crippen molar-refractivity contribution in [3.05, 3.63) is 0 Å². The fourth-order valence-corrected chi connectivity index (χ4v) is 1.59. The van der Waals surface area contributed by atoms with Crippen LogP contribution in [-0.4, -0.2) is 22.5 Å². The van der Waals surface area contributed by atoms with E-state index in [-0.39, 0.29) is 5.91 Å². The Kier molecular flexibility index (Phi) is 2.21. The van der Waals surface area contributed by atoms with Crippen molar-refractivity contribution in [2.24, 2.45) is 5.92 Å². The Morgan fingerprint density at radius 1 is 1.36 bits per heavy atom. The van der Waals surface area contributed by atoms with Crippen molar-refractivity contribution in [2.45, 2.75) is 44.1 Å². The monoisotopic (exact) mass is 197 g/mol. The van der Waals surface area contributed by atoms with Crippen molar-refractivity contribution >= 4 is 11.9 Å². The highest BCUT2D eigenvalue weighted by Crippen LogP contribution is 2.36. The number of nitrogens with one attached hydrogen (secondary N) is 1. The molecule has 2 aliphatic rings. The first-order valence-corrected chi connectivity index (χ1v) is 5.17. The van der Waals surface area contributed by atoms with E-state index in [2.05, 4.69) is 5.32 Å². The Morgan fingerprint density at radius 2 is 2.00 bits per heavy atom. The van der Waals surface area contributed by atoms with Gasteiger partial charge in [0.1, 0.15) is 5.54 Å². The van der Waals surface area contributed by atoms with Crippen molar-refractivity contribution in [1.29, 1.82) is 0 Å². The Bertz CT molecular complexity index is 267. The first kappa shape index (κ1) is 9.49. The molecule has 0 aromatic heterocycles. The van der Waals surface area contributed by atoms with E-state index in [0.717, 1.165) is 12.3 Å². The predicted molar refractivity (Wildman–Crippen MR) is 49.7 cm³/mol. The number of carboxylic acids is 1. The van der Waals surface area contributed by atoms with E-state index in [1.807, 2.05) is 0 Å². The molecule has 14 heavy (non-hydrogen) atoms. The zero-order valence-corrected chi connectivity index (χ0v) is 8.08. The molecular formula is C10H15NO3. The molecule has 1 amide bonds. The summed E-state index contributed by atoms with van der Waals surface area (Å²) in [5.74, 6) is -0.269. The van der Waals surface area contributed by atoms with Crippen LogP contribution in [0.15, 0.2) is 0 Å². The van der Waals surface area contributed by atoms with Crippen LogP contribution in [0.3, 0.4) is 0 Å². The highest BCUT2D eigenvalue weighted by molar-refractivity contribution is 5.89. The number of hydrogen-bond donors (Lipinski definition) is 2. The first-order chi connectivity index (χ1) is 6.62. The average Bonchev–Trinajstić information content (AvgIpc) is 2.97. The van der Waals surface area contributed by atoms with E-state index < -0.39 is 11.5 Å². The second kappa shape index (κ2) is 3.26. The molecule has 0 spiro atoms. The van der Waals surface area contributed by atoms with Crippen LogP contribution in [0.2, 0.25) is 0 Å². The molecule has 2 fully saturated rings. The molecule has 0 atom stereocenters. The van der Waals surface area contributed by atoms with E-state index in [1.54, 1.807) is 0 Å². The lowest BCUT2D eigenvalue weighted by Crippen LogP contribution is -2.42. The van der Waals surface area contributed by atoms with Gasteiger partial charge in [0.25, 0.3) is 0 Å². The number of rotatable bonds is 5. The quantitative estimate of drug-likeness (QED) is 0.688. The molecule has 2 N–H and O–H groups in total. The fraction of sp³-hybridized carbons (Fsp3) is 0.800. The summed E-state index contributed by atoms with van der Waals surface area (Å²) in [7, 11) is 0. The smallest absolute Gasteiger partial charge is 0.329 e. The summed E-state index contributed by atoms with van der Waals surface area (Å²) in [6.07, 6.45) is 5.03. The molecule has 2 saturated carbocycles. The summed E-state index contributed by atoms with van der Waals surface area (Å²) in [6.45, 7) is 0. The molecule has 0 aliphatic heterocycles. The Hall–Kier alpha value is -1.06. The minimum absolute atomic E-state index is 0.100. The molecular weight excluding hydrogens is 182 g/mol. The van der Waals surface area contributed by atoms with E-state index in [9.17, 15) is 9.59 Å². The molecule has 4 heteroatoms. The number of carbonyl (C=O) groups is 2. The Labute approximate surface area is 82.7 Å². The summed E-state index contributed by atoms with van der Waals surface area (Å²) < 4.78 is 0. The number of amides is 1. The summed E-state index contributed by atoms with van der Waals surface area (Å²) in [4.78, 5) is 22.1. The third-order valence-electron chi connectivity index (χ3n) is 3.01. The van der Waals surface area contributed by atoms with Gasteiger partial charge in [0.2, 0.25) is 5.91 Å². The zero-order chi connectivity index (χ0) is 10.2. The van der Waals surface area contributed by atoms with Crippen LogP contribution < -0.4 is 5.32 Å². The maximum absolute atomic E-state index is 11.4. The number of carbonyl (C=O) groups excluding carboxylic acids is 1. The normalized spacial score (nSPS) is 22.9. The van der Waals surface area contributed by atoms with Crippen LogP contribution in [0, 0.1) is 5.92 Å². The topological polar surface area (TPSA) is 66.4 Å². The molecule has 0 aromatic rings. The van der Waals surface area contributed by atoms with Gasteiger partial charge >= 0.3 is 5.97 Å². The van der Waals surface area contributed by atoms with E-state index in [4.69, 9.17) is 5.11 Å². The van der Waals surface area contributed by atoms with Crippen molar-refractivity contribution in [3.63, 3.8) is 0 Å². The third kappa shape index (κ3) is 2.05. The first-order valence-electron chi connectivity index (χ1n) is 5.17. The minimum atomic E-state index is -0.902. The molecule has 0 aromatic carbocycles. The van der Waals surface area contributed by atoms with Gasteiger partial charge in [0.15, 0.2) is 0 Å². The molecule has 0 heterocycles. The maximum atomic E-state index is 11.4. The average molecular weight is 197 g/mol. The van der Waals surface area contributed by atoms with Gasteiger partial charge in [-0.2, -0.15) is 0 Å². The van der Waals surface area contributed by atoms with Gasteiger partial charge in [0.05, 0.1) is 0 Å². The molecule has 0 unspecified atom stereocenters. The van der Waals surface area contributed by atoms with E-state index in [1.165, 1.54) is 12.8 Å². The van der Waals surface area contributed by atoms with Crippen LogP contribution in [0.25, 0.3) is 0 Å². The van der Waals surface area contributed by atoms with Crippen LogP contribution >= 0.6 is 0 Å². The molecule has 2 rings (SSSR count). The van der Waals surface area contributed by atoms with Gasteiger partial charge < -0.3 is 10.4 Å². The second-order valence-corrected chi connectivity index (χ2v) is 4.42. The number of hydrogen-bond acceptors (Lipinski definition) is 2. The fourth-order valence-electron chi connectivity index (χ4n) is 1.59. The standard InChI is InChI=1S/C10H15NO3/c12-8(4-3-7-1-2-7)11-10(5-6-10)9(13)14/h7H,1-6H2,(H,11,12)(H,13,14). The Morgan fingerprint density at radius 3 is 2.43 bits per heavy atom. The maximum Gasteiger partial charge on any atom is 0.329 e. The molecule has 4 nitrogen and oxygen atoms in total. The molecule has 78 valence electrons. The molecule has 0 radical (unpaired) electrons. The van der Waals surface area contributed by atoms with E-state index in [0.29, 0.717) is 19.3 Å². The van der Waals surface area contributed by atoms with Crippen LogP contribution in [0.5, 0.6) is 0 Å². The van der Waals surface area contributed by atoms with Crippen molar-refractivity contribution < 1.29 is 14.7 Å². The van der Waals surface area contributed by atoms with Gasteiger partial charge in [-0.25, -0.2) is 4.79 Å². The summed E-state index contributed by atoms with van der Waals surface area (Å²) in [5, 5.41) is 11.4. The van der Waals surface area contributed by atoms with Gasteiger partial charge in [-0.1, -0.05) is 12.8 Å². The second-order valence-electron chi connectivity index (χ2n) is 4.42. The highest BCUT2D eigenvalue weighted by atomic mass is 16.4. The molecule has 0 saturated heterocycles. The van der Waals surface area contributed by atoms with Crippen LogP contribution in [-0.2, 0) is 9.59 Å². The van der Waals surface area contributed by atoms with Crippen molar-refractivity contribution in [1.82, 2.24) is 5.32 Å². The largest absolute Gasteiger partial charge is 0.480 e. The summed E-state index contributed by atoms with van der Waals surface area (Å²) in [5.41, 5.74) is -0.902. The van der Waals surface area contributed by atoms with Gasteiger partial charge in [-0.05, 0) is 25.2 Å². The lowest BCUT2D eigenvalue weighted by Gasteiger charge is -2.11. The van der Waals surface area contributed by atoms with Gasteiger partial charge in [0, 0.05) is 6.42 Å². The SMILES string of the molecule is O=C(CCC1CC1)NC1(C(=O)O)CC1. The molecule has 2 aliphatic carbocycles. The lowest BCUT2D eigenvalue weighted by molar-refractivity contribution is -0.143. The van der Waals surface area contributed by atoms with E-state index >= 15 is 0 Å². The van der Waals surface area contributed by atoms with Gasteiger partial charge in [-0.3, -0.25) is 4.79 Å². The lowest BCUT2D eigenvalue weighted by atomic mass is 10.2. The Balaban J connectivity index is 1.73. The van der Waals surface area contributed by atoms with Crippen LogP contribution in [0.4, 0.5) is 0 Å². The summed E-state index contributed by atoms with van der Waals surface area (Å²) in [6, 6.07) is 0. The molecule has 0 bridgehead atoms. The van der Waals surface area contributed by atoms with Crippen LogP contribution in [0.1, 0.15) is 38.5 Å². The van der Waals surface area contributed by atoms with Crippen molar-refractivity contribution in [3.8, 4) is 0 Å². The number of carboxylic acid groups (broad SMARTS) is 1. The number of aliphatic carboxylic acids is 1. The van der Waals surface area contributed by atoms with Gasteiger partial charge in [-0.15, -0.1) is 0 Å². The predicted octanol–water partition coefficient (Wildman–Crippen LogP) is 0.910. The third-order valence-corrected chi connectivity index (χ3v) is 3.01. The van der Waals surface area contributed by atoms with Crippen molar-refractivity contribution in [2.75, 3.05) is 0 Å². The zero-order valence-electron chi connectivity index (χ0n) is 8.08. The highest BCUT2D eigenvalue weighted by Gasteiger charge is 2.51.